The van der Waals surface area contributed by atoms with E-state index in [-0.39, 0.29) is 35.9 Å². The van der Waals surface area contributed by atoms with Crippen LogP contribution in [0.1, 0.15) is 59.7 Å². The lowest BCUT2D eigenvalue weighted by atomic mass is 9.87. The second-order valence-electron chi connectivity index (χ2n) is 9.03. The normalized spacial score (nSPS) is 16.6. The topological polar surface area (TPSA) is 71.1 Å². The summed E-state index contributed by atoms with van der Waals surface area (Å²) in [5.74, 6) is -0.797. The van der Waals surface area contributed by atoms with E-state index in [4.69, 9.17) is 0 Å². The average Bonchev–Trinajstić information content (AvgIpc) is 3.49. The molecule has 1 amide bonds. The van der Waals surface area contributed by atoms with Gasteiger partial charge in [-0.2, -0.15) is 0 Å². The Kier molecular flexibility index (Phi) is 7.54. The van der Waals surface area contributed by atoms with Gasteiger partial charge in [0.15, 0.2) is 5.78 Å². The van der Waals surface area contributed by atoms with Gasteiger partial charge in [0.1, 0.15) is 11.9 Å². The molecule has 4 rings (SSSR count). The molecule has 1 aliphatic heterocycles. The molecule has 2 aromatic carbocycles. The summed E-state index contributed by atoms with van der Waals surface area (Å²) >= 11 is 1.45. The van der Waals surface area contributed by atoms with Crippen molar-refractivity contribution >= 4 is 23.0 Å². The molecule has 1 saturated heterocycles. The van der Waals surface area contributed by atoms with Crippen LogP contribution in [0.15, 0.2) is 48.7 Å². The molecule has 2 heterocycles. The number of carbonyl (C=O) groups is 2. The zero-order valence-corrected chi connectivity index (χ0v) is 20.5. The van der Waals surface area contributed by atoms with Crippen LogP contribution < -0.4 is 10.6 Å². The summed E-state index contributed by atoms with van der Waals surface area (Å²) in [4.78, 5) is 31.7. The number of hydrogen-bond acceptors (Lipinski definition) is 5. The molecule has 0 bridgehead atoms. The summed E-state index contributed by atoms with van der Waals surface area (Å²) < 4.78 is 15.9. The maximum absolute atomic E-state index is 15.9. The van der Waals surface area contributed by atoms with E-state index < -0.39 is 6.04 Å². The van der Waals surface area contributed by atoms with Crippen LogP contribution in [0.4, 0.5) is 4.39 Å². The van der Waals surface area contributed by atoms with Gasteiger partial charge >= 0.3 is 0 Å². The number of ketones is 1. The Balaban J connectivity index is 1.80. The fourth-order valence-electron chi connectivity index (χ4n) is 4.44. The van der Waals surface area contributed by atoms with Crippen molar-refractivity contribution < 1.29 is 14.0 Å². The summed E-state index contributed by atoms with van der Waals surface area (Å²) in [6, 6.07) is 11.4. The second-order valence-corrected chi connectivity index (χ2v) is 10.4. The molecule has 34 heavy (non-hydrogen) atoms. The van der Waals surface area contributed by atoms with E-state index in [1.807, 2.05) is 51.1 Å². The number of benzene rings is 2. The molecule has 2 atom stereocenters. The lowest BCUT2D eigenvalue weighted by Gasteiger charge is -2.24. The lowest BCUT2D eigenvalue weighted by molar-refractivity contribution is -0.128. The van der Waals surface area contributed by atoms with E-state index in [0.29, 0.717) is 28.7 Å². The summed E-state index contributed by atoms with van der Waals surface area (Å²) in [5, 5.41) is 7.01. The largest absolute Gasteiger partial charge is 0.341 e. The van der Waals surface area contributed by atoms with Crippen LogP contribution in [0.25, 0.3) is 11.1 Å². The fraction of sp³-hybridized carbons (Fsp3) is 0.370. The first-order chi connectivity index (χ1) is 16.3. The molecule has 5 nitrogen and oxygen atoms in total. The summed E-state index contributed by atoms with van der Waals surface area (Å²) in [7, 11) is 0. The molecular formula is C27H30FN3O2S. The van der Waals surface area contributed by atoms with Crippen LogP contribution in [0.2, 0.25) is 0 Å². The Morgan fingerprint density at radius 2 is 1.91 bits per heavy atom. The first-order valence-corrected chi connectivity index (χ1v) is 12.5. The third kappa shape index (κ3) is 5.26. The fourth-order valence-corrected chi connectivity index (χ4v) is 5.24. The smallest absolute Gasteiger partial charge is 0.237 e. The Morgan fingerprint density at radius 1 is 1.18 bits per heavy atom. The number of nitrogens with one attached hydrogen (secondary N) is 2. The van der Waals surface area contributed by atoms with Crippen LogP contribution >= 0.6 is 11.3 Å². The number of Topliss-reactive ketones (excluding diaryl/α,β-unsaturated/α-hetero) is 1. The van der Waals surface area contributed by atoms with Gasteiger partial charge in [0.2, 0.25) is 5.91 Å². The highest BCUT2D eigenvalue weighted by Gasteiger charge is 2.32. The van der Waals surface area contributed by atoms with Crippen LogP contribution in [0.3, 0.4) is 0 Å². The monoisotopic (exact) mass is 479 g/mol. The number of amides is 1. The van der Waals surface area contributed by atoms with Gasteiger partial charge in [-0.25, -0.2) is 9.37 Å². The molecule has 178 valence electrons. The minimum absolute atomic E-state index is 0.0249. The Labute approximate surface area is 203 Å². The number of carbonyl (C=O) groups excluding carboxylic acids is 2. The third-order valence-electron chi connectivity index (χ3n) is 6.20. The highest BCUT2D eigenvalue weighted by Crippen LogP contribution is 2.36. The van der Waals surface area contributed by atoms with Crippen LogP contribution in [-0.4, -0.2) is 29.3 Å². The number of hydrogen-bond donors (Lipinski definition) is 2. The highest BCUT2D eigenvalue weighted by atomic mass is 32.1. The van der Waals surface area contributed by atoms with Gasteiger partial charge in [-0.15, -0.1) is 11.3 Å². The van der Waals surface area contributed by atoms with E-state index >= 15 is 4.39 Å². The summed E-state index contributed by atoms with van der Waals surface area (Å²) in [5.41, 5.74) is 2.10. The number of aryl methyl sites for hydroxylation is 1. The molecule has 7 heteroatoms. The summed E-state index contributed by atoms with van der Waals surface area (Å²) in [6.07, 6.45) is 3.43. The van der Waals surface area contributed by atoms with Crippen molar-refractivity contribution in [1.82, 2.24) is 15.6 Å². The predicted molar refractivity (Wildman–Crippen MR) is 133 cm³/mol. The SMILES string of the molecule is Cc1ncc(CC(=O)C(NC(=O)C2CCCN2)c2ccc(C(C)C)c(F)c2-c2ccccc2)s1. The van der Waals surface area contributed by atoms with E-state index in [9.17, 15) is 9.59 Å². The summed E-state index contributed by atoms with van der Waals surface area (Å²) in [6.45, 7) is 6.53. The number of nitrogens with zero attached hydrogens (tertiary/aromatic N) is 1. The number of thiazole rings is 1. The van der Waals surface area contributed by atoms with Crippen molar-refractivity contribution in [1.29, 1.82) is 0 Å². The van der Waals surface area contributed by atoms with Crippen molar-refractivity contribution in [2.45, 2.75) is 58.0 Å². The van der Waals surface area contributed by atoms with Crippen molar-refractivity contribution in [2.75, 3.05) is 6.54 Å². The molecule has 1 aliphatic rings. The minimum Gasteiger partial charge on any atom is -0.341 e. The van der Waals surface area contributed by atoms with E-state index in [2.05, 4.69) is 15.6 Å². The first-order valence-electron chi connectivity index (χ1n) is 11.7. The zero-order valence-electron chi connectivity index (χ0n) is 19.7. The quantitative estimate of drug-likeness (QED) is 0.471. The Morgan fingerprint density at radius 3 is 2.53 bits per heavy atom. The number of halogens is 1. The van der Waals surface area contributed by atoms with Crippen LogP contribution in [0.5, 0.6) is 0 Å². The number of rotatable bonds is 8. The molecule has 0 spiro atoms. The minimum atomic E-state index is -0.969. The van der Waals surface area contributed by atoms with E-state index in [1.165, 1.54) is 11.3 Å². The standard InChI is InChI=1S/C27H30FN3O2S/c1-16(2)20-11-12-21(24(25(20)28)18-8-5-4-6-9-18)26(31-27(33)22-10-7-13-29-22)23(32)14-19-15-30-17(3)34-19/h4-6,8-9,11-12,15-16,22,26,29H,7,10,13-14H2,1-3H3,(H,31,33). The van der Waals surface area contributed by atoms with Gasteiger partial charge in [-0.1, -0.05) is 56.3 Å². The highest BCUT2D eigenvalue weighted by molar-refractivity contribution is 7.11. The molecular weight excluding hydrogens is 449 g/mol. The molecule has 1 aromatic heterocycles. The van der Waals surface area contributed by atoms with E-state index in [0.717, 1.165) is 22.9 Å². The van der Waals surface area contributed by atoms with Gasteiger partial charge in [0.05, 0.1) is 11.0 Å². The van der Waals surface area contributed by atoms with Gasteiger partial charge in [-0.3, -0.25) is 9.59 Å². The average molecular weight is 480 g/mol. The van der Waals surface area contributed by atoms with Crippen molar-refractivity contribution in [3.63, 3.8) is 0 Å². The van der Waals surface area contributed by atoms with Crippen molar-refractivity contribution in [3.8, 4) is 11.1 Å². The van der Waals surface area contributed by atoms with Gasteiger partial charge in [-0.05, 0) is 48.9 Å². The van der Waals surface area contributed by atoms with Gasteiger partial charge < -0.3 is 10.6 Å². The number of aromatic nitrogens is 1. The first kappa shape index (κ1) is 24.2. The van der Waals surface area contributed by atoms with E-state index in [1.54, 1.807) is 18.3 Å². The third-order valence-corrected chi connectivity index (χ3v) is 7.12. The molecule has 0 radical (unpaired) electrons. The maximum Gasteiger partial charge on any atom is 0.237 e. The lowest BCUT2D eigenvalue weighted by Crippen LogP contribution is -2.44. The molecule has 3 aromatic rings. The molecule has 0 saturated carbocycles. The predicted octanol–water partition coefficient (Wildman–Crippen LogP) is 5.10. The van der Waals surface area contributed by atoms with Gasteiger partial charge in [0.25, 0.3) is 0 Å². The Hall–Kier alpha value is -2.90. The molecule has 1 fully saturated rings. The molecule has 2 unspecified atom stereocenters. The van der Waals surface area contributed by atoms with Crippen LogP contribution in [0, 0.1) is 12.7 Å². The molecule has 2 N–H and O–H groups in total. The molecule has 0 aliphatic carbocycles. The maximum atomic E-state index is 15.9. The zero-order chi connectivity index (χ0) is 24.2. The van der Waals surface area contributed by atoms with Crippen molar-refractivity contribution in [2.24, 2.45) is 0 Å². The second kappa shape index (κ2) is 10.6. The van der Waals surface area contributed by atoms with Crippen LogP contribution in [-0.2, 0) is 16.0 Å². The van der Waals surface area contributed by atoms with Crippen molar-refractivity contribution in [3.05, 3.63) is 75.5 Å². The van der Waals surface area contributed by atoms with Gasteiger partial charge in [0, 0.05) is 23.1 Å². The Bertz CT molecular complexity index is 1170.